The molecule has 1 saturated heterocycles. The van der Waals surface area contributed by atoms with Crippen LogP contribution in [0.2, 0.25) is 0 Å². The van der Waals surface area contributed by atoms with Gasteiger partial charge >= 0.3 is 0 Å². The van der Waals surface area contributed by atoms with Gasteiger partial charge in [0.1, 0.15) is 0 Å². The molecule has 1 aromatic heterocycles. The number of aromatic nitrogens is 1. The van der Waals surface area contributed by atoms with Crippen LogP contribution in [0.5, 0.6) is 11.5 Å². The zero-order valence-corrected chi connectivity index (χ0v) is 20.2. The summed E-state index contributed by atoms with van der Waals surface area (Å²) in [6.07, 6.45) is 1.86. The van der Waals surface area contributed by atoms with E-state index in [1.165, 1.54) is 5.56 Å². The van der Waals surface area contributed by atoms with Crippen molar-refractivity contribution in [3.8, 4) is 11.5 Å². The third-order valence-corrected chi connectivity index (χ3v) is 6.41. The lowest BCUT2D eigenvalue weighted by Crippen LogP contribution is -2.44. The molecule has 1 unspecified atom stereocenters. The molecule has 6 heteroatoms. The van der Waals surface area contributed by atoms with Crippen LogP contribution in [-0.2, 0) is 17.8 Å². The highest BCUT2D eigenvalue weighted by Gasteiger charge is 2.28. The van der Waals surface area contributed by atoms with Gasteiger partial charge in [-0.1, -0.05) is 29.8 Å². The van der Waals surface area contributed by atoms with Crippen LogP contribution in [0, 0.1) is 6.92 Å². The van der Waals surface area contributed by atoms with Gasteiger partial charge in [0.2, 0.25) is 0 Å². The number of rotatable bonds is 7. The van der Waals surface area contributed by atoms with E-state index in [1.807, 2.05) is 22.8 Å². The first-order chi connectivity index (χ1) is 15.8. The maximum atomic E-state index is 13.6. The van der Waals surface area contributed by atoms with Gasteiger partial charge in [-0.2, -0.15) is 0 Å². The standard InChI is InChI=1S/C27H34N2O4/c1-18-6-8-19(9-7-18)17-29-23-14-25(32-5)24(31-4)13-20(23)12-21(26(29)30)16-28-22-10-11-33-27(2,3)15-22/h6-9,12-14,22,28H,10-11,15-17H2,1-5H3. The summed E-state index contributed by atoms with van der Waals surface area (Å²) >= 11 is 0. The molecule has 1 aliphatic rings. The molecule has 6 nitrogen and oxygen atoms in total. The Balaban J connectivity index is 1.74. The fourth-order valence-corrected chi connectivity index (χ4v) is 4.59. The highest BCUT2D eigenvalue weighted by molar-refractivity contribution is 5.84. The van der Waals surface area contributed by atoms with Gasteiger partial charge in [0.05, 0.1) is 31.9 Å². The second-order valence-electron chi connectivity index (χ2n) is 9.49. The summed E-state index contributed by atoms with van der Waals surface area (Å²) in [5.41, 5.74) is 3.71. The van der Waals surface area contributed by atoms with Gasteiger partial charge in [-0.15, -0.1) is 0 Å². The zero-order chi connectivity index (χ0) is 23.6. The third kappa shape index (κ3) is 5.23. The van der Waals surface area contributed by atoms with E-state index in [9.17, 15) is 4.79 Å². The SMILES string of the molecule is COc1cc2cc(CNC3CCOC(C)(C)C3)c(=O)n(Cc3ccc(C)cc3)c2cc1OC. The zero-order valence-electron chi connectivity index (χ0n) is 20.2. The van der Waals surface area contributed by atoms with Gasteiger partial charge in [0, 0.05) is 36.2 Å². The number of pyridine rings is 1. The molecule has 176 valence electrons. The molecule has 0 saturated carbocycles. The Morgan fingerprint density at radius 3 is 2.45 bits per heavy atom. The van der Waals surface area contributed by atoms with Crippen LogP contribution >= 0.6 is 0 Å². The molecule has 0 bridgehead atoms. The van der Waals surface area contributed by atoms with Crippen molar-refractivity contribution in [2.24, 2.45) is 0 Å². The fraction of sp³-hybridized carbons (Fsp3) is 0.444. The summed E-state index contributed by atoms with van der Waals surface area (Å²) in [4.78, 5) is 13.6. The number of benzene rings is 2. The minimum Gasteiger partial charge on any atom is -0.493 e. The molecule has 3 aromatic rings. The number of nitrogens with zero attached hydrogens (tertiary/aromatic N) is 1. The van der Waals surface area contributed by atoms with Crippen LogP contribution in [-0.4, -0.2) is 37.0 Å². The molecule has 4 rings (SSSR count). The quantitative estimate of drug-likeness (QED) is 0.577. The van der Waals surface area contributed by atoms with E-state index in [4.69, 9.17) is 14.2 Å². The van der Waals surface area contributed by atoms with Crippen molar-refractivity contribution in [2.45, 2.75) is 58.3 Å². The Morgan fingerprint density at radius 1 is 1.09 bits per heavy atom. The van der Waals surface area contributed by atoms with Crippen LogP contribution in [0.15, 0.2) is 47.3 Å². The van der Waals surface area contributed by atoms with E-state index < -0.39 is 0 Å². The van der Waals surface area contributed by atoms with Crippen LogP contribution in [0.1, 0.15) is 43.4 Å². The van der Waals surface area contributed by atoms with Crippen molar-refractivity contribution >= 4 is 10.9 Å². The minimum atomic E-state index is -0.144. The molecule has 0 spiro atoms. The highest BCUT2D eigenvalue weighted by Crippen LogP contribution is 2.32. The van der Waals surface area contributed by atoms with Crippen molar-refractivity contribution in [3.05, 3.63) is 69.5 Å². The first-order valence-corrected chi connectivity index (χ1v) is 11.5. The molecule has 1 atom stereocenters. The number of aryl methyl sites for hydroxylation is 1. The highest BCUT2D eigenvalue weighted by atomic mass is 16.5. The number of hydrogen-bond acceptors (Lipinski definition) is 5. The molecule has 0 radical (unpaired) electrons. The lowest BCUT2D eigenvalue weighted by atomic mass is 9.94. The fourth-order valence-electron chi connectivity index (χ4n) is 4.59. The monoisotopic (exact) mass is 450 g/mol. The van der Waals surface area contributed by atoms with Crippen molar-refractivity contribution < 1.29 is 14.2 Å². The van der Waals surface area contributed by atoms with E-state index in [0.29, 0.717) is 30.6 Å². The summed E-state index contributed by atoms with van der Waals surface area (Å²) in [5, 5.41) is 4.55. The van der Waals surface area contributed by atoms with Gasteiger partial charge in [0.25, 0.3) is 5.56 Å². The lowest BCUT2D eigenvalue weighted by molar-refractivity contribution is -0.0630. The van der Waals surface area contributed by atoms with Gasteiger partial charge < -0.3 is 24.1 Å². The molecule has 1 aliphatic heterocycles. The summed E-state index contributed by atoms with van der Waals surface area (Å²) < 4.78 is 18.7. The molecule has 2 aromatic carbocycles. The minimum absolute atomic E-state index is 0.00844. The number of nitrogens with one attached hydrogen (secondary N) is 1. The van der Waals surface area contributed by atoms with Crippen molar-refractivity contribution in [1.29, 1.82) is 0 Å². The Kier molecular flexibility index (Phi) is 6.77. The van der Waals surface area contributed by atoms with Gasteiger partial charge in [-0.05, 0) is 51.3 Å². The summed E-state index contributed by atoms with van der Waals surface area (Å²) in [6.45, 7) is 8.03. The first kappa shape index (κ1) is 23.3. The molecular weight excluding hydrogens is 416 g/mol. The molecule has 1 N–H and O–H groups in total. The molecular formula is C27H34N2O4. The number of fused-ring (bicyclic) bond motifs is 1. The van der Waals surface area contributed by atoms with E-state index in [0.717, 1.165) is 41.5 Å². The predicted octanol–water partition coefficient (Wildman–Crippen LogP) is 4.42. The first-order valence-electron chi connectivity index (χ1n) is 11.5. The van der Waals surface area contributed by atoms with Crippen LogP contribution in [0.4, 0.5) is 0 Å². The summed E-state index contributed by atoms with van der Waals surface area (Å²) in [5.74, 6) is 1.26. The van der Waals surface area contributed by atoms with E-state index >= 15 is 0 Å². The Hall–Kier alpha value is -2.83. The van der Waals surface area contributed by atoms with Crippen molar-refractivity contribution in [1.82, 2.24) is 9.88 Å². The summed E-state index contributed by atoms with van der Waals surface area (Å²) in [6, 6.07) is 14.4. The Bertz CT molecular complexity index is 1180. The number of methoxy groups -OCH3 is 2. The van der Waals surface area contributed by atoms with Crippen molar-refractivity contribution in [2.75, 3.05) is 20.8 Å². The maximum Gasteiger partial charge on any atom is 0.255 e. The lowest BCUT2D eigenvalue weighted by Gasteiger charge is -2.36. The van der Waals surface area contributed by atoms with Gasteiger partial charge in [-0.25, -0.2) is 0 Å². The normalized spacial score (nSPS) is 17.8. The van der Waals surface area contributed by atoms with E-state index in [2.05, 4.69) is 50.4 Å². The largest absolute Gasteiger partial charge is 0.493 e. The Labute approximate surface area is 195 Å². The average Bonchev–Trinajstić information content (AvgIpc) is 2.79. The predicted molar refractivity (Wildman–Crippen MR) is 131 cm³/mol. The molecule has 1 fully saturated rings. The molecule has 0 amide bonds. The second-order valence-corrected chi connectivity index (χ2v) is 9.49. The number of ether oxygens (including phenoxy) is 3. The van der Waals surface area contributed by atoms with Gasteiger partial charge in [-0.3, -0.25) is 4.79 Å². The number of hydrogen-bond donors (Lipinski definition) is 1. The second kappa shape index (κ2) is 9.57. The van der Waals surface area contributed by atoms with E-state index in [-0.39, 0.29) is 11.2 Å². The third-order valence-electron chi connectivity index (χ3n) is 6.41. The van der Waals surface area contributed by atoms with E-state index in [1.54, 1.807) is 14.2 Å². The van der Waals surface area contributed by atoms with Crippen molar-refractivity contribution in [3.63, 3.8) is 0 Å². The smallest absolute Gasteiger partial charge is 0.255 e. The molecule has 2 heterocycles. The van der Waals surface area contributed by atoms with Crippen LogP contribution in [0.25, 0.3) is 10.9 Å². The van der Waals surface area contributed by atoms with Crippen LogP contribution in [0.3, 0.4) is 0 Å². The molecule has 0 aliphatic carbocycles. The average molecular weight is 451 g/mol. The molecule has 33 heavy (non-hydrogen) atoms. The summed E-state index contributed by atoms with van der Waals surface area (Å²) in [7, 11) is 3.24. The Morgan fingerprint density at radius 2 is 1.79 bits per heavy atom. The van der Waals surface area contributed by atoms with Crippen LogP contribution < -0.4 is 20.3 Å². The van der Waals surface area contributed by atoms with Gasteiger partial charge in [0.15, 0.2) is 11.5 Å². The maximum absolute atomic E-state index is 13.6. The topological polar surface area (TPSA) is 61.7 Å².